The molecule has 0 saturated carbocycles. The van der Waals surface area contributed by atoms with E-state index in [1.54, 1.807) is 11.3 Å². The molecule has 1 aromatic heterocycles. The van der Waals surface area contributed by atoms with Gasteiger partial charge in [0.05, 0.1) is 23.3 Å². The number of nitrogens with one attached hydrogen (secondary N) is 1. The van der Waals surface area contributed by atoms with Crippen LogP contribution in [0.3, 0.4) is 0 Å². The molecule has 1 aliphatic heterocycles. The monoisotopic (exact) mass is 380 g/mol. The number of benzene rings is 2. The van der Waals surface area contributed by atoms with Crippen LogP contribution in [-0.4, -0.2) is 53.4 Å². The molecule has 27 heavy (non-hydrogen) atoms. The Labute approximate surface area is 163 Å². The molecule has 1 aliphatic rings. The largest absolute Gasteiger partial charge is 0.348 e. The molecule has 1 saturated heterocycles. The van der Waals surface area contributed by atoms with Crippen LogP contribution in [0.2, 0.25) is 0 Å². The molecule has 140 valence electrons. The summed E-state index contributed by atoms with van der Waals surface area (Å²) in [5, 5.41) is 3.97. The van der Waals surface area contributed by atoms with Crippen molar-refractivity contribution < 1.29 is 4.79 Å². The number of hydrogen-bond donors (Lipinski definition) is 1. The number of fused-ring (bicyclic) bond motifs is 1. The lowest BCUT2D eigenvalue weighted by molar-refractivity contribution is -0.122. The lowest BCUT2D eigenvalue weighted by Gasteiger charge is -2.34. The number of rotatable bonds is 6. The molecule has 2 heterocycles. The zero-order chi connectivity index (χ0) is 18.5. The minimum absolute atomic E-state index is 0.0748. The molecular formula is C21H24N4OS. The number of amides is 1. The van der Waals surface area contributed by atoms with Gasteiger partial charge in [0.15, 0.2) is 0 Å². The number of thiazole rings is 1. The number of para-hydroxylation sites is 1. The number of piperazine rings is 1. The summed E-state index contributed by atoms with van der Waals surface area (Å²) in [6.45, 7) is 5.82. The summed E-state index contributed by atoms with van der Waals surface area (Å²) in [7, 11) is 0. The van der Waals surface area contributed by atoms with E-state index in [4.69, 9.17) is 0 Å². The summed E-state index contributed by atoms with van der Waals surface area (Å²) in [5.74, 6) is 0.0748. The smallest absolute Gasteiger partial charge is 0.234 e. The van der Waals surface area contributed by atoms with Crippen molar-refractivity contribution in [2.24, 2.45) is 0 Å². The van der Waals surface area contributed by atoms with E-state index in [9.17, 15) is 4.79 Å². The maximum absolute atomic E-state index is 12.3. The fourth-order valence-corrected chi connectivity index (χ4v) is 4.28. The molecule has 0 aliphatic carbocycles. The van der Waals surface area contributed by atoms with E-state index in [2.05, 4.69) is 50.4 Å². The number of hydrogen-bond acceptors (Lipinski definition) is 5. The van der Waals surface area contributed by atoms with Gasteiger partial charge in [-0.1, -0.05) is 42.5 Å². The quantitative estimate of drug-likeness (QED) is 0.714. The van der Waals surface area contributed by atoms with Crippen LogP contribution in [0.25, 0.3) is 10.2 Å². The van der Waals surface area contributed by atoms with Crippen LogP contribution >= 0.6 is 11.3 Å². The van der Waals surface area contributed by atoms with E-state index in [1.165, 1.54) is 5.56 Å². The Morgan fingerprint density at radius 1 is 0.963 bits per heavy atom. The minimum Gasteiger partial charge on any atom is -0.348 e. The van der Waals surface area contributed by atoms with Crippen molar-refractivity contribution >= 4 is 27.5 Å². The zero-order valence-electron chi connectivity index (χ0n) is 15.3. The Hall–Kier alpha value is -2.28. The molecule has 3 aromatic rings. The van der Waals surface area contributed by atoms with Gasteiger partial charge in [-0.05, 0) is 17.7 Å². The zero-order valence-corrected chi connectivity index (χ0v) is 16.1. The topological polar surface area (TPSA) is 48.5 Å². The summed E-state index contributed by atoms with van der Waals surface area (Å²) in [4.78, 5) is 21.5. The highest BCUT2D eigenvalue weighted by Gasteiger charge is 2.19. The average Bonchev–Trinajstić information content (AvgIpc) is 3.12. The number of aromatic nitrogens is 1. The molecule has 0 unspecified atom stereocenters. The minimum atomic E-state index is 0.0748. The van der Waals surface area contributed by atoms with Crippen molar-refractivity contribution in [3.8, 4) is 0 Å². The van der Waals surface area contributed by atoms with Gasteiger partial charge >= 0.3 is 0 Å². The summed E-state index contributed by atoms with van der Waals surface area (Å²) in [5.41, 5.74) is 2.35. The fourth-order valence-electron chi connectivity index (χ4n) is 3.38. The highest BCUT2D eigenvalue weighted by Crippen LogP contribution is 2.21. The lowest BCUT2D eigenvalue weighted by Crippen LogP contribution is -2.49. The Morgan fingerprint density at radius 3 is 2.44 bits per heavy atom. The van der Waals surface area contributed by atoms with Crippen molar-refractivity contribution in [1.29, 1.82) is 0 Å². The first kappa shape index (κ1) is 18.1. The maximum atomic E-state index is 12.3. The van der Waals surface area contributed by atoms with Gasteiger partial charge in [0, 0.05) is 32.7 Å². The van der Waals surface area contributed by atoms with Gasteiger partial charge < -0.3 is 5.32 Å². The van der Waals surface area contributed by atoms with E-state index >= 15 is 0 Å². The van der Waals surface area contributed by atoms with Gasteiger partial charge in [-0.25, -0.2) is 4.98 Å². The molecule has 0 bridgehead atoms. The van der Waals surface area contributed by atoms with Crippen LogP contribution in [0.5, 0.6) is 0 Å². The highest BCUT2D eigenvalue weighted by atomic mass is 32.1. The van der Waals surface area contributed by atoms with Gasteiger partial charge in [-0.3, -0.25) is 14.6 Å². The highest BCUT2D eigenvalue weighted by molar-refractivity contribution is 7.18. The van der Waals surface area contributed by atoms with Crippen molar-refractivity contribution in [3.05, 3.63) is 65.2 Å². The Balaban J connectivity index is 1.20. The molecule has 4 rings (SSSR count). The normalized spacial score (nSPS) is 15.9. The third kappa shape index (κ3) is 4.91. The van der Waals surface area contributed by atoms with Gasteiger partial charge in [-0.15, -0.1) is 11.3 Å². The van der Waals surface area contributed by atoms with E-state index in [0.29, 0.717) is 13.1 Å². The molecule has 1 fully saturated rings. The first-order chi connectivity index (χ1) is 13.3. The summed E-state index contributed by atoms with van der Waals surface area (Å²) < 4.78 is 1.16. The van der Waals surface area contributed by atoms with Crippen LogP contribution < -0.4 is 5.32 Å². The second kappa shape index (κ2) is 8.61. The molecule has 0 radical (unpaired) electrons. The molecular weight excluding hydrogens is 356 g/mol. The van der Waals surface area contributed by atoms with Crippen LogP contribution in [-0.2, 0) is 17.9 Å². The Bertz CT molecular complexity index is 854. The summed E-state index contributed by atoms with van der Waals surface area (Å²) >= 11 is 1.64. The van der Waals surface area contributed by atoms with Gasteiger partial charge in [-0.2, -0.15) is 0 Å². The predicted molar refractivity (Wildman–Crippen MR) is 110 cm³/mol. The Morgan fingerprint density at radius 2 is 1.67 bits per heavy atom. The number of nitrogens with zero attached hydrogens (tertiary/aromatic N) is 3. The van der Waals surface area contributed by atoms with Crippen molar-refractivity contribution in [2.45, 2.75) is 13.1 Å². The lowest BCUT2D eigenvalue weighted by atomic mass is 10.2. The van der Waals surface area contributed by atoms with Crippen molar-refractivity contribution in [3.63, 3.8) is 0 Å². The second-order valence-corrected chi connectivity index (χ2v) is 8.01. The third-order valence-electron chi connectivity index (χ3n) is 4.86. The average molecular weight is 381 g/mol. The second-order valence-electron chi connectivity index (χ2n) is 6.89. The number of carbonyl (C=O) groups excluding carboxylic acids is 1. The first-order valence-corrected chi connectivity index (χ1v) is 10.2. The van der Waals surface area contributed by atoms with E-state index in [-0.39, 0.29) is 5.91 Å². The standard InChI is InChI=1S/C21H24N4OS/c26-20(22-14-21-23-18-8-4-5-9-19(18)27-21)16-25-12-10-24(11-13-25)15-17-6-2-1-3-7-17/h1-9H,10-16H2,(H,22,26). The predicted octanol–water partition coefficient (Wildman–Crippen LogP) is 2.73. The van der Waals surface area contributed by atoms with E-state index < -0.39 is 0 Å². The summed E-state index contributed by atoms with van der Waals surface area (Å²) in [6, 6.07) is 18.6. The molecule has 2 aromatic carbocycles. The van der Waals surface area contributed by atoms with Crippen molar-refractivity contribution in [1.82, 2.24) is 20.1 Å². The Kier molecular flexibility index (Phi) is 5.77. The fraction of sp³-hybridized carbons (Fsp3) is 0.333. The third-order valence-corrected chi connectivity index (χ3v) is 5.89. The SMILES string of the molecule is O=C(CN1CCN(Cc2ccccc2)CC1)NCc1nc2ccccc2s1. The molecule has 1 N–H and O–H groups in total. The van der Waals surface area contributed by atoms with Crippen LogP contribution in [0, 0.1) is 0 Å². The van der Waals surface area contributed by atoms with Gasteiger partial charge in [0.1, 0.15) is 5.01 Å². The number of carbonyl (C=O) groups is 1. The molecule has 6 heteroatoms. The van der Waals surface area contributed by atoms with E-state index in [0.717, 1.165) is 47.9 Å². The summed E-state index contributed by atoms with van der Waals surface area (Å²) in [6.07, 6.45) is 0. The van der Waals surface area contributed by atoms with Gasteiger partial charge in [0.2, 0.25) is 5.91 Å². The van der Waals surface area contributed by atoms with Crippen LogP contribution in [0.1, 0.15) is 10.6 Å². The van der Waals surface area contributed by atoms with Crippen molar-refractivity contribution in [2.75, 3.05) is 32.7 Å². The molecule has 5 nitrogen and oxygen atoms in total. The van der Waals surface area contributed by atoms with Crippen LogP contribution in [0.4, 0.5) is 0 Å². The molecule has 0 spiro atoms. The first-order valence-electron chi connectivity index (χ1n) is 9.36. The molecule has 0 atom stereocenters. The molecule has 1 amide bonds. The van der Waals surface area contributed by atoms with Gasteiger partial charge in [0.25, 0.3) is 0 Å². The van der Waals surface area contributed by atoms with E-state index in [1.807, 2.05) is 24.3 Å². The van der Waals surface area contributed by atoms with Crippen LogP contribution in [0.15, 0.2) is 54.6 Å². The maximum Gasteiger partial charge on any atom is 0.234 e.